The number of phosphoric ester groups is 1. The predicted molar refractivity (Wildman–Crippen MR) is 222 cm³/mol. The molecule has 0 aromatic carbocycles. The fraction of sp³-hybridized carbons (Fsp3) is 0.909. The fourth-order valence-corrected chi connectivity index (χ4v) is 6.97. The van der Waals surface area contributed by atoms with Crippen LogP contribution in [0.25, 0.3) is 0 Å². The smallest absolute Gasteiger partial charge is 0.306 e. The number of nitrogens with zero attached hydrogens (tertiary/aromatic N) is 1. The Balaban J connectivity index is 4.31. The molecular weight excluding hydrogens is 701 g/mol. The van der Waals surface area contributed by atoms with Gasteiger partial charge in [0.15, 0.2) is 6.10 Å². The van der Waals surface area contributed by atoms with Crippen molar-refractivity contribution in [3.05, 3.63) is 12.2 Å². The minimum atomic E-state index is -4.62. The summed E-state index contributed by atoms with van der Waals surface area (Å²) in [6.07, 6.45) is 38.0. The molecule has 0 aromatic heterocycles. The first-order valence-electron chi connectivity index (χ1n) is 22.4. The SMILES string of the molecule is CCCCCCCC/C=C/CCCCCCCCCC(=O)OC[C@H](COP(=O)([O-])OCC[N+](C)(C)C)OC(=O)CCCCCCCCCCCCCCC. The number of carbonyl (C=O) groups excluding carboxylic acids is 2. The summed E-state index contributed by atoms with van der Waals surface area (Å²) < 4.78 is 33.9. The summed E-state index contributed by atoms with van der Waals surface area (Å²) in [5, 5.41) is 0. The van der Waals surface area contributed by atoms with Crippen LogP contribution in [0.2, 0.25) is 0 Å². The van der Waals surface area contributed by atoms with Crippen LogP contribution in [0.1, 0.15) is 206 Å². The van der Waals surface area contributed by atoms with Gasteiger partial charge in [0.1, 0.15) is 19.8 Å². The second kappa shape index (κ2) is 37.3. The molecule has 9 nitrogen and oxygen atoms in total. The maximum atomic E-state index is 12.7. The molecule has 0 N–H and O–H groups in total. The zero-order chi connectivity index (χ0) is 40.0. The lowest BCUT2D eigenvalue weighted by molar-refractivity contribution is -0.870. The van der Waals surface area contributed by atoms with E-state index in [0.29, 0.717) is 17.4 Å². The number of rotatable bonds is 41. The molecule has 10 heteroatoms. The molecule has 2 atom stereocenters. The number of quaternary nitrogens is 1. The number of hydrogen-bond donors (Lipinski definition) is 0. The van der Waals surface area contributed by atoms with Gasteiger partial charge in [-0.15, -0.1) is 0 Å². The van der Waals surface area contributed by atoms with Crippen LogP contribution in [0.3, 0.4) is 0 Å². The van der Waals surface area contributed by atoms with E-state index in [1.807, 2.05) is 21.1 Å². The standard InChI is InChI=1S/C44H86NO8P/c1-6-8-10-12-14-16-18-20-21-22-23-25-26-28-30-32-34-36-43(46)50-40-42(41-52-54(48,49)51-39-38-45(3,4)5)53-44(47)37-35-33-31-29-27-24-19-17-15-13-11-9-7-2/h20-21,42H,6-19,22-41H2,1-5H3/b21-20+/t42-/m1/s1. The molecule has 0 aliphatic carbocycles. The Labute approximate surface area is 333 Å². The van der Waals surface area contributed by atoms with Crippen LogP contribution in [-0.4, -0.2) is 70.0 Å². The Morgan fingerprint density at radius 2 is 0.944 bits per heavy atom. The highest BCUT2D eigenvalue weighted by Crippen LogP contribution is 2.38. The van der Waals surface area contributed by atoms with Crippen molar-refractivity contribution in [2.75, 3.05) is 47.5 Å². The van der Waals surface area contributed by atoms with E-state index >= 15 is 0 Å². The van der Waals surface area contributed by atoms with Gasteiger partial charge in [0.05, 0.1) is 27.7 Å². The molecule has 0 aliphatic rings. The number of phosphoric acid groups is 1. The number of ether oxygens (including phenoxy) is 2. The molecule has 0 spiro atoms. The maximum Gasteiger partial charge on any atom is 0.306 e. The van der Waals surface area contributed by atoms with Crippen LogP contribution in [0.4, 0.5) is 0 Å². The van der Waals surface area contributed by atoms with Crippen molar-refractivity contribution in [3.63, 3.8) is 0 Å². The van der Waals surface area contributed by atoms with Gasteiger partial charge in [-0.2, -0.15) is 0 Å². The predicted octanol–water partition coefficient (Wildman–Crippen LogP) is 11.9. The Morgan fingerprint density at radius 3 is 1.37 bits per heavy atom. The Morgan fingerprint density at radius 1 is 0.556 bits per heavy atom. The fourth-order valence-electron chi connectivity index (χ4n) is 6.24. The summed E-state index contributed by atoms with van der Waals surface area (Å²) in [4.78, 5) is 37.5. The molecule has 320 valence electrons. The molecule has 0 radical (unpaired) electrons. The van der Waals surface area contributed by atoms with Crippen LogP contribution in [0.15, 0.2) is 12.2 Å². The van der Waals surface area contributed by atoms with Gasteiger partial charge in [0.2, 0.25) is 0 Å². The third-order valence-electron chi connectivity index (χ3n) is 9.79. The van der Waals surface area contributed by atoms with Crippen LogP contribution in [0, 0.1) is 0 Å². The number of likely N-dealkylation sites (N-methyl/N-ethyl adjacent to an activating group) is 1. The summed E-state index contributed by atoms with van der Waals surface area (Å²) in [5.41, 5.74) is 0. The van der Waals surface area contributed by atoms with Crippen LogP contribution in [0.5, 0.6) is 0 Å². The van der Waals surface area contributed by atoms with Crippen LogP contribution in [-0.2, 0) is 32.7 Å². The van der Waals surface area contributed by atoms with Gasteiger partial charge >= 0.3 is 11.9 Å². The first-order valence-corrected chi connectivity index (χ1v) is 23.9. The largest absolute Gasteiger partial charge is 0.756 e. The van der Waals surface area contributed by atoms with Crippen molar-refractivity contribution in [1.82, 2.24) is 0 Å². The summed E-state index contributed by atoms with van der Waals surface area (Å²) in [6.45, 7) is 4.24. The molecule has 0 heterocycles. The molecule has 0 bridgehead atoms. The molecule has 54 heavy (non-hydrogen) atoms. The van der Waals surface area contributed by atoms with Crippen LogP contribution < -0.4 is 4.89 Å². The lowest BCUT2D eigenvalue weighted by atomic mass is 10.0. The lowest BCUT2D eigenvalue weighted by Crippen LogP contribution is -2.37. The number of carbonyl (C=O) groups is 2. The topological polar surface area (TPSA) is 111 Å². The summed E-state index contributed by atoms with van der Waals surface area (Å²) >= 11 is 0. The Hall–Kier alpha value is -1.25. The van der Waals surface area contributed by atoms with Gasteiger partial charge in [-0.25, -0.2) is 0 Å². The average molecular weight is 788 g/mol. The molecular formula is C44H86NO8P. The zero-order valence-electron chi connectivity index (χ0n) is 35.9. The monoisotopic (exact) mass is 788 g/mol. The van der Waals surface area contributed by atoms with Crippen LogP contribution >= 0.6 is 7.82 Å². The number of hydrogen-bond acceptors (Lipinski definition) is 8. The molecule has 1 unspecified atom stereocenters. The molecule has 0 aromatic rings. The third-order valence-corrected chi connectivity index (χ3v) is 10.7. The second-order valence-corrected chi connectivity index (χ2v) is 17.8. The van der Waals surface area contributed by atoms with Crippen molar-refractivity contribution in [2.24, 2.45) is 0 Å². The van der Waals surface area contributed by atoms with Crippen molar-refractivity contribution >= 4 is 19.8 Å². The first-order chi connectivity index (χ1) is 26.0. The quantitative estimate of drug-likeness (QED) is 0.0198. The van der Waals surface area contributed by atoms with E-state index in [9.17, 15) is 19.0 Å². The normalized spacial score (nSPS) is 13.7. The zero-order valence-corrected chi connectivity index (χ0v) is 36.8. The Bertz CT molecular complexity index is 938. The molecule has 0 amide bonds. The van der Waals surface area contributed by atoms with Gasteiger partial charge in [0.25, 0.3) is 7.82 Å². The second-order valence-electron chi connectivity index (χ2n) is 16.4. The summed E-state index contributed by atoms with van der Waals surface area (Å²) in [5.74, 6) is -0.830. The van der Waals surface area contributed by atoms with E-state index in [0.717, 1.165) is 38.5 Å². The van der Waals surface area contributed by atoms with Crippen molar-refractivity contribution in [2.45, 2.75) is 213 Å². The first kappa shape index (κ1) is 52.8. The van der Waals surface area contributed by atoms with E-state index < -0.39 is 26.5 Å². The van der Waals surface area contributed by atoms with Gasteiger partial charge in [-0.3, -0.25) is 14.2 Å². The van der Waals surface area contributed by atoms with Gasteiger partial charge < -0.3 is 27.9 Å². The summed E-state index contributed by atoms with van der Waals surface area (Å²) in [6, 6.07) is 0. The highest BCUT2D eigenvalue weighted by molar-refractivity contribution is 7.45. The van der Waals surface area contributed by atoms with Gasteiger partial charge in [-0.1, -0.05) is 167 Å². The van der Waals surface area contributed by atoms with E-state index in [4.69, 9.17) is 18.5 Å². The molecule has 0 aliphatic heterocycles. The highest BCUT2D eigenvalue weighted by Gasteiger charge is 2.21. The maximum absolute atomic E-state index is 12.7. The number of allylic oxidation sites excluding steroid dienone is 2. The summed E-state index contributed by atoms with van der Waals surface area (Å²) in [7, 11) is 1.17. The Kier molecular flexibility index (Phi) is 36.5. The highest BCUT2D eigenvalue weighted by atomic mass is 31.2. The van der Waals surface area contributed by atoms with Crippen molar-refractivity contribution in [1.29, 1.82) is 0 Å². The third kappa shape index (κ3) is 40.4. The lowest BCUT2D eigenvalue weighted by Gasteiger charge is -2.28. The minimum absolute atomic E-state index is 0.0283. The van der Waals surface area contributed by atoms with Gasteiger partial charge in [-0.05, 0) is 38.5 Å². The average Bonchev–Trinajstić information content (AvgIpc) is 3.12. The van der Waals surface area contributed by atoms with E-state index in [-0.39, 0.29) is 32.0 Å². The number of esters is 2. The van der Waals surface area contributed by atoms with E-state index in [1.165, 1.54) is 135 Å². The van der Waals surface area contributed by atoms with E-state index in [1.54, 1.807) is 0 Å². The van der Waals surface area contributed by atoms with Gasteiger partial charge in [0, 0.05) is 12.8 Å². The van der Waals surface area contributed by atoms with E-state index in [2.05, 4.69) is 26.0 Å². The molecule has 0 saturated carbocycles. The molecule has 0 rings (SSSR count). The minimum Gasteiger partial charge on any atom is -0.756 e. The number of unbranched alkanes of at least 4 members (excludes halogenated alkanes) is 25. The molecule has 0 fully saturated rings. The van der Waals surface area contributed by atoms with Crippen molar-refractivity contribution in [3.8, 4) is 0 Å². The van der Waals surface area contributed by atoms with Crippen molar-refractivity contribution < 1.29 is 42.1 Å². The molecule has 0 saturated heterocycles.